The summed E-state index contributed by atoms with van der Waals surface area (Å²) in [6.07, 6.45) is 0.912. The van der Waals surface area contributed by atoms with Crippen LogP contribution in [0.25, 0.3) is 0 Å². The molecule has 0 saturated carbocycles. The molecule has 0 aliphatic carbocycles. The third-order valence-electron chi connectivity index (χ3n) is 3.18. The van der Waals surface area contributed by atoms with E-state index in [-0.39, 0.29) is 23.8 Å². The Balaban J connectivity index is 2.20. The monoisotopic (exact) mass is 200 g/mol. The summed E-state index contributed by atoms with van der Waals surface area (Å²) in [6.45, 7) is 1.31. The van der Waals surface area contributed by atoms with E-state index in [1.165, 1.54) is 0 Å². The summed E-state index contributed by atoms with van der Waals surface area (Å²) < 4.78 is 22.3. The number of fused-ring (bicyclic) bond motifs is 2. The average Bonchev–Trinajstić information content (AvgIpc) is 2.30. The standard InChI is InChI=1S/C9H17BO4/c1-11-5-9-3-4-13-6(7(9)12-2)8(10)14-9/h6-8H,3-5,10H2,1-2H3/t6-,7?,8-,9-/m1/s1. The van der Waals surface area contributed by atoms with Gasteiger partial charge >= 0.3 is 0 Å². The Kier molecular flexibility index (Phi) is 2.84. The lowest BCUT2D eigenvalue weighted by atomic mass is 9.86. The fraction of sp³-hybridized carbons (Fsp3) is 1.00. The molecule has 0 radical (unpaired) electrons. The number of rotatable bonds is 3. The molecule has 0 spiro atoms. The molecule has 2 bridgehead atoms. The first kappa shape index (κ1) is 10.4. The molecule has 14 heavy (non-hydrogen) atoms. The van der Waals surface area contributed by atoms with Crippen molar-refractivity contribution in [1.29, 1.82) is 0 Å². The van der Waals surface area contributed by atoms with Crippen molar-refractivity contribution in [2.24, 2.45) is 0 Å². The zero-order chi connectivity index (χ0) is 10.2. The molecule has 0 aromatic heterocycles. The van der Waals surface area contributed by atoms with Gasteiger partial charge in [-0.15, -0.1) is 0 Å². The summed E-state index contributed by atoms with van der Waals surface area (Å²) in [5, 5.41) is 0. The van der Waals surface area contributed by atoms with Gasteiger partial charge in [0.2, 0.25) is 0 Å². The number of hydrogen-bond donors (Lipinski definition) is 0. The van der Waals surface area contributed by atoms with E-state index >= 15 is 0 Å². The number of methoxy groups -OCH3 is 2. The molecular formula is C9H17BO4. The first-order valence-corrected chi connectivity index (χ1v) is 5.04. The Morgan fingerprint density at radius 2 is 2.29 bits per heavy atom. The summed E-state index contributed by atoms with van der Waals surface area (Å²) in [7, 11) is 5.43. The minimum Gasteiger partial charge on any atom is -0.382 e. The molecule has 2 aliphatic rings. The van der Waals surface area contributed by atoms with Gasteiger partial charge in [0, 0.05) is 20.6 Å². The topological polar surface area (TPSA) is 36.9 Å². The molecule has 0 N–H and O–H groups in total. The lowest BCUT2D eigenvalue weighted by Crippen LogP contribution is -2.52. The normalized spacial score (nSPS) is 46.9. The van der Waals surface area contributed by atoms with E-state index in [0.29, 0.717) is 6.61 Å². The van der Waals surface area contributed by atoms with E-state index in [9.17, 15) is 0 Å². The van der Waals surface area contributed by atoms with E-state index < -0.39 is 0 Å². The summed E-state index contributed by atoms with van der Waals surface area (Å²) in [5.74, 6) is 0. The fourth-order valence-electron chi connectivity index (χ4n) is 2.62. The van der Waals surface area contributed by atoms with Gasteiger partial charge in [0.25, 0.3) is 0 Å². The van der Waals surface area contributed by atoms with Crippen LogP contribution in [0.2, 0.25) is 0 Å². The molecule has 80 valence electrons. The van der Waals surface area contributed by atoms with Crippen molar-refractivity contribution in [1.82, 2.24) is 0 Å². The fourth-order valence-corrected chi connectivity index (χ4v) is 2.62. The largest absolute Gasteiger partial charge is 0.382 e. The van der Waals surface area contributed by atoms with Crippen LogP contribution >= 0.6 is 0 Å². The highest BCUT2D eigenvalue weighted by atomic mass is 16.6. The number of ether oxygens (including phenoxy) is 4. The summed E-state index contributed by atoms with van der Waals surface area (Å²) >= 11 is 0. The third-order valence-corrected chi connectivity index (χ3v) is 3.18. The van der Waals surface area contributed by atoms with Gasteiger partial charge in [0.05, 0.1) is 19.2 Å². The first-order valence-electron chi connectivity index (χ1n) is 5.04. The van der Waals surface area contributed by atoms with Crippen LogP contribution in [0.3, 0.4) is 0 Å². The minimum atomic E-state index is -0.286. The van der Waals surface area contributed by atoms with Crippen LogP contribution < -0.4 is 0 Å². The predicted molar refractivity (Wildman–Crippen MR) is 53.2 cm³/mol. The van der Waals surface area contributed by atoms with Gasteiger partial charge in [-0.2, -0.15) is 0 Å². The Morgan fingerprint density at radius 3 is 2.93 bits per heavy atom. The summed E-state index contributed by atoms with van der Waals surface area (Å²) in [4.78, 5) is 0. The molecule has 2 fully saturated rings. The maximum absolute atomic E-state index is 5.94. The molecule has 5 heteroatoms. The molecule has 0 aromatic rings. The Hall–Kier alpha value is -0.0951. The van der Waals surface area contributed by atoms with Gasteiger partial charge in [-0.1, -0.05) is 0 Å². The molecule has 1 unspecified atom stereocenters. The van der Waals surface area contributed by atoms with Crippen molar-refractivity contribution < 1.29 is 18.9 Å². The molecule has 0 amide bonds. The second-order valence-corrected chi connectivity index (χ2v) is 4.06. The van der Waals surface area contributed by atoms with Crippen LogP contribution in [0.5, 0.6) is 0 Å². The predicted octanol–water partition coefficient (Wildman–Crippen LogP) is -0.835. The van der Waals surface area contributed by atoms with Crippen LogP contribution in [0.15, 0.2) is 0 Å². The van der Waals surface area contributed by atoms with Crippen molar-refractivity contribution in [2.45, 2.75) is 30.2 Å². The van der Waals surface area contributed by atoms with E-state index in [1.54, 1.807) is 14.2 Å². The Morgan fingerprint density at radius 1 is 1.50 bits per heavy atom. The van der Waals surface area contributed by atoms with Crippen molar-refractivity contribution >= 4 is 7.85 Å². The van der Waals surface area contributed by atoms with E-state index in [4.69, 9.17) is 18.9 Å². The molecule has 2 rings (SSSR count). The average molecular weight is 200 g/mol. The maximum atomic E-state index is 5.94. The smallest absolute Gasteiger partial charge is 0.142 e. The van der Waals surface area contributed by atoms with Crippen LogP contribution in [-0.4, -0.2) is 59.1 Å². The van der Waals surface area contributed by atoms with Crippen LogP contribution in [0.4, 0.5) is 0 Å². The molecule has 4 atom stereocenters. The molecule has 2 aliphatic heterocycles. The lowest BCUT2D eigenvalue weighted by molar-refractivity contribution is -0.155. The highest BCUT2D eigenvalue weighted by Gasteiger charge is 2.57. The zero-order valence-electron chi connectivity index (χ0n) is 8.99. The van der Waals surface area contributed by atoms with E-state index in [2.05, 4.69) is 0 Å². The summed E-state index contributed by atoms with van der Waals surface area (Å²) in [5.41, 5.74) is -0.286. The SMILES string of the molecule is B[C@@H]1O[C@@]2(COC)CCO[C@@H]1C2OC. The Bertz CT molecular complexity index is 209. The highest BCUT2D eigenvalue weighted by molar-refractivity contribution is 6.11. The Labute approximate surface area is 85.3 Å². The maximum Gasteiger partial charge on any atom is 0.142 e. The van der Waals surface area contributed by atoms with Crippen molar-refractivity contribution in [2.75, 3.05) is 27.4 Å². The summed E-state index contributed by atoms with van der Waals surface area (Å²) in [6, 6.07) is 0.0950. The molecule has 4 nitrogen and oxygen atoms in total. The highest BCUT2D eigenvalue weighted by Crippen LogP contribution is 2.40. The van der Waals surface area contributed by atoms with E-state index in [0.717, 1.165) is 13.0 Å². The van der Waals surface area contributed by atoms with Crippen LogP contribution in [0.1, 0.15) is 6.42 Å². The lowest BCUT2D eigenvalue weighted by Gasteiger charge is -2.37. The number of hydrogen-bond acceptors (Lipinski definition) is 4. The van der Waals surface area contributed by atoms with Gasteiger partial charge < -0.3 is 18.9 Å². The van der Waals surface area contributed by atoms with Gasteiger partial charge in [0.15, 0.2) is 0 Å². The van der Waals surface area contributed by atoms with Gasteiger partial charge in [0.1, 0.15) is 25.7 Å². The first-order chi connectivity index (χ1) is 6.73. The second kappa shape index (κ2) is 3.81. The second-order valence-electron chi connectivity index (χ2n) is 4.06. The van der Waals surface area contributed by atoms with Gasteiger partial charge in [-0.25, -0.2) is 0 Å². The van der Waals surface area contributed by atoms with Crippen LogP contribution in [-0.2, 0) is 18.9 Å². The zero-order valence-corrected chi connectivity index (χ0v) is 8.99. The van der Waals surface area contributed by atoms with E-state index in [1.807, 2.05) is 7.85 Å². The van der Waals surface area contributed by atoms with Gasteiger partial charge in [-0.3, -0.25) is 0 Å². The molecular weight excluding hydrogens is 183 g/mol. The van der Waals surface area contributed by atoms with Gasteiger partial charge in [-0.05, 0) is 0 Å². The quantitative estimate of drug-likeness (QED) is 0.557. The van der Waals surface area contributed by atoms with Crippen molar-refractivity contribution in [3.8, 4) is 0 Å². The van der Waals surface area contributed by atoms with Crippen LogP contribution in [0, 0.1) is 0 Å². The molecule has 2 heterocycles. The third kappa shape index (κ3) is 1.39. The molecule has 2 saturated heterocycles. The van der Waals surface area contributed by atoms with Crippen molar-refractivity contribution in [3.63, 3.8) is 0 Å². The molecule has 0 aromatic carbocycles. The van der Waals surface area contributed by atoms with Crippen molar-refractivity contribution in [3.05, 3.63) is 0 Å². The minimum absolute atomic E-state index is 0.00574.